The van der Waals surface area contributed by atoms with E-state index in [0.29, 0.717) is 55.9 Å². The van der Waals surface area contributed by atoms with Crippen LogP contribution in [0.2, 0.25) is 0 Å². The minimum absolute atomic E-state index is 0.0637. The molecule has 360 valence electrons. The van der Waals surface area contributed by atoms with Crippen LogP contribution in [-0.4, -0.2) is 77.8 Å². The highest BCUT2D eigenvalue weighted by atomic mass is 19.1. The normalized spacial score (nSPS) is 25.2. The third-order valence-electron chi connectivity index (χ3n) is 14.1. The summed E-state index contributed by atoms with van der Waals surface area (Å²) in [6, 6.07) is 12.0. The molecule has 2 N–H and O–H groups in total. The fraction of sp³-hybridized carbons (Fsp3) is 0.667. The number of hydrogen-bond acceptors (Lipinski definition) is 9. The number of oxime groups is 1. The Morgan fingerprint density at radius 2 is 1.69 bits per heavy atom. The highest BCUT2D eigenvalue weighted by Crippen LogP contribution is 2.62. The van der Waals surface area contributed by atoms with Crippen LogP contribution in [0.3, 0.4) is 0 Å². The molecular formula is C54H79FN2O8. The summed E-state index contributed by atoms with van der Waals surface area (Å²) in [5, 5.41) is 25.0. The maximum atomic E-state index is 14.8. The van der Waals surface area contributed by atoms with Gasteiger partial charge in [0.05, 0.1) is 24.8 Å². The highest BCUT2D eigenvalue weighted by molar-refractivity contribution is 6.03. The van der Waals surface area contributed by atoms with Crippen LogP contribution >= 0.6 is 0 Å². The molecule has 2 aliphatic carbocycles. The number of nitrogens with zero attached hydrogens (tertiary/aromatic N) is 2. The molecule has 11 heteroatoms. The molecule has 7 atom stereocenters. The van der Waals surface area contributed by atoms with Crippen molar-refractivity contribution in [3.8, 4) is 11.5 Å². The number of aliphatic hydroxyl groups is 2. The van der Waals surface area contributed by atoms with Gasteiger partial charge in [0.1, 0.15) is 30.0 Å². The van der Waals surface area contributed by atoms with Gasteiger partial charge in [-0.15, -0.1) is 6.58 Å². The molecule has 2 aliphatic heterocycles. The Bertz CT molecular complexity index is 1830. The van der Waals surface area contributed by atoms with Gasteiger partial charge in [0.2, 0.25) is 18.0 Å². The predicted octanol–water partition coefficient (Wildman–Crippen LogP) is 11.7. The molecule has 2 fully saturated rings. The first-order valence-electron chi connectivity index (χ1n) is 25.4. The minimum Gasteiger partial charge on any atom is -0.489 e. The van der Waals surface area contributed by atoms with Gasteiger partial charge in [0.25, 0.3) is 0 Å². The van der Waals surface area contributed by atoms with Crippen molar-refractivity contribution in [1.82, 2.24) is 4.90 Å². The molecule has 0 spiro atoms. The van der Waals surface area contributed by atoms with Crippen molar-refractivity contribution in [3.05, 3.63) is 83.7 Å². The Labute approximate surface area is 389 Å². The first-order valence-corrected chi connectivity index (χ1v) is 25.4. The van der Waals surface area contributed by atoms with Crippen molar-refractivity contribution in [1.29, 1.82) is 0 Å². The van der Waals surface area contributed by atoms with Crippen LogP contribution in [-0.2, 0) is 25.7 Å². The van der Waals surface area contributed by atoms with E-state index in [9.17, 15) is 19.4 Å². The summed E-state index contributed by atoms with van der Waals surface area (Å²) in [5.41, 5.74) is 3.19. The van der Waals surface area contributed by atoms with E-state index >= 15 is 0 Å². The number of allylic oxidation sites excluding steroid dienone is 1. The Morgan fingerprint density at radius 3 is 2.40 bits per heavy atom. The fourth-order valence-electron chi connectivity index (χ4n) is 10.9. The molecule has 65 heavy (non-hydrogen) atoms. The lowest BCUT2D eigenvalue weighted by Gasteiger charge is -2.60. The summed E-state index contributed by atoms with van der Waals surface area (Å²) in [5.74, 6) is -0.727. The first kappa shape index (κ1) is 50.6. The van der Waals surface area contributed by atoms with E-state index in [4.69, 9.17) is 28.9 Å². The van der Waals surface area contributed by atoms with E-state index in [1.54, 1.807) is 24.3 Å². The second-order valence-corrected chi connectivity index (χ2v) is 18.7. The zero-order valence-electron chi connectivity index (χ0n) is 39.6. The van der Waals surface area contributed by atoms with Gasteiger partial charge in [0, 0.05) is 56.1 Å². The predicted molar refractivity (Wildman–Crippen MR) is 254 cm³/mol. The molecule has 0 aromatic heterocycles. The molecule has 4 aliphatic rings. The Balaban J connectivity index is 1.45. The number of amides is 1. The molecule has 0 radical (unpaired) electrons. The topological polar surface area (TPSA) is 119 Å². The van der Waals surface area contributed by atoms with E-state index in [-0.39, 0.29) is 55.9 Å². The standard InChI is InChI=1S/C54H79FN2O8/c1-4-7-8-9-10-11-12-13-14-27-50(60)57(31-5-2)49-38-47(56-65-51-28-19-22-35-61-51)44-36-40(23-17-20-32-58)43(25-18-21-33-59)52-45-37-42(62-39-41-24-15-16-26-46(41)55)29-30-48(45)64-54(49,53(44)52)63-34-6-3/h6,15-16,24,26,29-30,36-37,40,43,49,51-53,58-59H,3-5,7-14,17-23,25,27-28,31-35,38-39H2,1-2H3. The van der Waals surface area contributed by atoms with Crippen LogP contribution in [0.15, 0.2) is 71.9 Å². The summed E-state index contributed by atoms with van der Waals surface area (Å²) in [7, 11) is 0. The van der Waals surface area contributed by atoms with Gasteiger partial charge in [0.15, 0.2) is 0 Å². The van der Waals surface area contributed by atoms with Crippen LogP contribution in [0.25, 0.3) is 0 Å². The maximum absolute atomic E-state index is 14.8. The van der Waals surface area contributed by atoms with Crippen LogP contribution in [0.5, 0.6) is 11.5 Å². The van der Waals surface area contributed by atoms with Crippen LogP contribution < -0.4 is 9.47 Å². The maximum Gasteiger partial charge on any atom is 0.239 e. The average molecular weight is 903 g/mol. The summed E-state index contributed by atoms with van der Waals surface area (Å²) in [4.78, 5) is 23.2. The molecule has 1 amide bonds. The highest BCUT2D eigenvalue weighted by Gasteiger charge is 2.65. The Hall–Kier alpha value is -3.77. The lowest BCUT2D eigenvalue weighted by atomic mass is 9.55. The van der Waals surface area contributed by atoms with Gasteiger partial charge in [-0.3, -0.25) is 4.79 Å². The second-order valence-electron chi connectivity index (χ2n) is 18.7. The number of carbonyl (C=O) groups is 1. The van der Waals surface area contributed by atoms with Gasteiger partial charge in [-0.1, -0.05) is 114 Å². The summed E-state index contributed by atoms with van der Waals surface area (Å²) < 4.78 is 41.8. The second kappa shape index (κ2) is 26.5. The quantitative estimate of drug-likeness (QED) is 0.0471. The van der Waals surface area contributed by atoms with E-state index in [0.717, 1.165) is 87.5 Å². The summed E-state index contributed by atoms with van der Waals surface area (Å²) >= 11 is 0. The summed E-state index contributed by atoms with van der Waals surface area (Å²) in [6.45, 7) is 10.1. The van der Waals surface area contributed by atoms with E-state index in [1.165, 1.54) is 44.6 Å². The molecular weight excluding hydrogens is 824 g/mol. The van der Waals surface area contributed by atoms with Gasteiger partial charge in [-0.05, 0) is 93.0 Å². The van der Waals surface area contributed by atoms with Gasteiger partial charge < -0.3 is 38.9 Å². The average Bonchev–Trinajstić information content (AvgIpc) is 3.32. The summed E-state index contributed by atoms with van der Waals surface area (Å²) in [6.07, 6.45) is 23.2. The minimum atomic E-state index is -1.32. The molecule has 1 saturated heterocycles. The smallest absolute Gasteiger partial charge is 0.239 e. The lowest BCUT2D eigenvalue weighted by Crippen LogP contribution is -2.70. The van der Waals surface area contributed by atoms with E-state index < -0.39 is 24.0 Å². The van der Waals surface area contributed by atoms with Crippen LogP contribution in [0, 0.1) is 23.6 Å². The Kier molecular flexibility index (Phi) is 20.7. The van der Waals surface area contributed by atoms with Gasteiger partial charge in [-0.25, -0.2) is 4.39 Å². The molecule has 10 nitrogen and oxygen atoms in total. The van der Waals surface area contributed by atoms with E-state index in [1.807, 2.05) is 17.0 Å². The fourth-order valence-corrected chi connectivity index (χ4v) is 10.9. The third kappa shape index (κ3) is 13.2. The number of aliphatic hydroxyl groups excluding tert-OH is 2. The molecule has 0 bridgehead atoms. The third-order valence-corrected chi connectivity index (χ3v) is 14.1. The first-order chi connectivity index (χ1) is 31.9. The molecule has 7 unspecified atom stereocenters. The van der Waals surface area contributed by atoms with Crippen LogP contribution in [0.1, 0.15) is 166 Å². The van der Waals surface area contributed by atoms with Crippen molar-refractivity contribution >= 4 is 11.6 Å². The van der Waals surface area contributed by atoms with Crippen molar-refractivity contribution in [3.63, 3.8) is 0 Å². The molecule has 1 saturated carbocycles. The molecule has 2 aromatic carbocycles. The number of rotatable bonds is 29. The van der Waals surface area contributed by atoms with Crippen molar-refractivity contribution in [2.24, 2.45) is 22.9 Å². The SMILES string of the molecule is C=CCOC12Oc3ccc(OCc4ccccc4F)cc3C3C(CCCCO)C(CCCCO)C=C(C(=NOC4CCCCO4)CC1N(CCC)C(=O)CCCCCCCCCCC)C32. The van der Waals surface area contributed by atoms with E-state index in [2.05, 4.69) is 32.6 Å². The number of fused-ring (bicyclic) bond motifs is 2. The number of benzene rings is 2. The number of unbranched alkanes of at least 4 members (excludes halogenated alkanes) is 10. The van der Waals surface area contributed by atoms with Crippen molar-refractivity contribution in [2.45, 2.75) is 179 Å². The number of ether oxygens (including phenoxy) is 4. The number of halogens is 1. The zero-order chi connectivity index (χ0) is 45.9. The largest absolute Gasteiger partial charge is 0.489 e. The van der Waals surface area contributed by atoms with Crippen molar-refractivity contribution < 1.29 is 43.2 Å². The number of carbonyl (C=O) groups excluding carboxylic acids is 1. The molecule has 2 heterocycles. The molecule has 6 rings (SSSR count). The monoisotopic (exact) mass is 903 g/mol. The van der Waals surface area contributed by atoms with Crippen LogP contribution in [0.4, 0.5) is 4.39 Å². The number of hydrogen-bond donors (Lipinski definition) is 2. The Morgan fingerprint density at radius 1 is 0.938 bits per heavy atom. The van der Waals surface area contributed by atoms with Gasteiger partial charge in [-0.2, -0.15) is 0 Å². The lowest BCUT2D eigenvalue weighted by molar-refractivity contribution is -0.257. The zero-order valence-corrected chi connectivity index (χ0v) is 39.6. The van der Waals surface area contributed by atoms with Crippen molar-refractivity contribution in [2.75, 3.05) is 33.0 Å². The van der Waals surface area contributed by atoms with Gasteiger partial charge >= 0.3 is 0 Å². The molecule has 2 aromatic rings.